The molecule has 3 aliphatic heterocycles. The first kappa shape index (κ1) is 49.6. The van der Waals surface area contributed by atoms with Crippen LogP contribution < -0.4 is 0 Å². The average molecular weight is 880 g/mol. The van der Waals surface area contributed by atoms with Crippen LogP contribution in [0.3, 0.4) is 0 Å². The maximum absolute atomic E-state index is 14.4. The number of carbonyl (C=O) groups excluding carboxylic acids is 3. The van der Waals surface area contributed by atoms with Crippen molar-refractivity contribution in [3.8, 4) is 0 Å². The van der Waals surface area contributed by atoms with Crippen LogP contribution in [0.4, 0.5) is 4.79 Å². The SMILES string of the molecule is C=CCO[C@H]1[C@H](C)[C@@H](O[C@@H]2O[C@H](C)C[C@H](N(C)C)[C@H]2OC(C)=O)[C@](C)(OC)C[C@@H](C)/C(=N\OC/C=C/c2cnc3ccccc3c2)[C@H](C)[C@H]2OC(=O)O[C@]2(C)[C@@H](CC)OC(=O)[C@@H]1C. The van der Waals surface area contributed by atoms with Gasteiger partial charge in [0.05, 0.1) is 53.7 Å². The number of hydrogen-bond acceptors (Lipinski definition) is 15. The minimum atomic E-state index is -1.39. The number of para-hydroxylation sites is 1. The molecule has 0 amide bonds. The van der Waals surface area contributed by atoms with Gasteiger partial charge in [-0.1, -0.05) is 63.2 Å². The first-order valence-electron chi connectivity index (χ1n) is 22.1. The van der Waals surface area contributed by atoms with Gasteiger partial charge in [-0.3, -0.25) is 14.6 Å². The van der Waals surface area contributed by atoms with E-state index in [1.807, 2.05) is 103 Å². The Morgan fingerprint density at radius 1 is 1.05 bits per heavy atom. The van der Waals surface area contributed by atoms with Gasteiger partial charge in [0.1, 0.15) is 12.7 Å². The predicted octanol–water partition coefficient (Wildman–Crippen LogP) is 7.54. The van der Waals surface area contributed by atoms with Crippen LogP contribution in [-0.2, 0) is 52.3 Å². The van der Waals surface area contributed by atoms with Gasteiger partial charge >= 0.3 is 18.1 Å². The van der Waals surface area contributed by atoms with Crippen molar-refractivity contribution in [2.24, 2.45) is 28.8 Å². The summed E-state index contributed by atoms with van der Waals surface area (Å²) in [5.41, 5.74) is -0.181. The summed E-state index contributed by atoms with van der Waals surface area (Å²) in [6.45, 7) is 20.5. The van der Waals surface area contributed by atoms with E-state index in [-0.39, 0.29) is 25.4 Å². The van der Waals surface area contributed by atoms with E-state index in [1.54, 1.807) is 33.2 Å². The van der Waals surface area contributed by atoms with Crippen LogP contribution in [0.5, 0.6) is 0 Å². The van der Waals surface area contributed by atoms with Gasteiger partial charge in [0, 0.05) is 43.4 Å². The van der Waals surface area contributed by atoms with Gasteiger partial charge in [-0.25, -0.2) is 4.79 Å². The molecule has 4 heterocycles. The summed E-state index contributed by atoms with van der Waals surface area (Å²) >= 11 is 0. The summed E-state index contributed by atoms with van der Waals surface area (Å²) in [7, 11) is 5.45. The van der Waals surface area contributed by atoms with Gasteiger partial charge in [0.15, 0.2) is 24.1 Å². The van der Waals surface area contributed by atoms with Crippen molar-refractivity contribution in [1.29, 1.82) is 0 Å². The number of aromatic nitrogens is 1. The summed E-state index contributed by atoms with van der Waals surface area (Å²) in [5, 5.41) is 5.78. The quantitative estimate of drug-likeness (QED) is 0.0638. The topological polar surface area (TPSA) is 163 Å². The summed E-state index contributed by atoms with van der Waals surface area (Å²) in [5.74, 6) is -3.48. The lowest BCUT2D eigenvalue weighted by Crippen LogP contribution is -2.61. The molecule has 0 unspecified atom stereocenters. The van der Waals surface area contributed by atoms with E-state index in [0.717, 1.165) is 16.5 Å². The highest BCUT2D eigenvalue weighted by Gasteiger charge is 2.59. The van der Waals surface area contributed by atoms with Gasteiger partial charge in [0.2, 0.25) is 0 Å². The lowest BCUT2D eigenvalue weighted by Gasteiger charge is -2.49. The molecule has 3 saturated heterocycles. The van der Waals surface area contributed by atoms with E-state index in [1.165, 1.54) is 6.92 Å². The van der Waals surface area contributed by atoms with Crippen LogP contribution in [0.1, 0.15) is 87.1 Å². The first-order valence-corrected chi connectivity index (χ1v) is 22.1. The molecule has 15 heteroatoms. The molecule has 3 aliphatic rings. The van der Waals surface area contributed by atoms with Crippen LogP contribution >= 0.6 is 0 Å². The predicted molar refractivity (Wildman–Crippen MR) is 238 cm³/mol. The number of methoxy groups -OCH3 is 1. The minimum Gasteiger partial charge on any atom is -0.458 e. The normalized spacial score (nSPS) is 36.3. The fraction of sp³-hybridized carbons (Fsp3) is 0.646. The van der Waals surface area contributed by atoms with Crippen molar-refractivity contribution in [3.05, 3.63) is 60.8 Å². The average Bonchev–Trinajstić information content (AvgIpc) is 3.56. The third-order valence-corrected chi connectivity index (χ3v) is 12.9. The number of rotatable bonds is 13. The molecule has 0 radical (unpaired) electrons. The number of cyclic esters (lactones) is 1. The Balaban J connectivity index is 1.60. The number of pyridine rings is 1. The molecule has 0 bridgehead atoms. The number of benzene rings is 1. The maximum Gasteiger partial charge on any atom is 0.509 e. The van der Waals surface area contributed by atoms with Gasteiger partial charge in [-0.05, 0) is 84.8 Å². The fourth-order valence-corrected chi connectivity index (χ4v) is 9.67. The zero-order valence-corrected chi connectivity index (χ0v) is 39.1. The highest BCUT2D eigenvalue weighted by atomic mass is 16.8. The standard InChI is InChI=1S/C48H69N3O12/c1-14-22-56-40-31(6)42(61-45-41(59-33(8)52)37(51(11)12)24-29(4)58-45)47(9,55-13)26-28(3)39(50-57-23-18-19-34-25-35-20-16-17-21-36(35)49-27-34)30(5)43-48(10,63-46(54)62-43)38(15-2)60-44(53)32(40)7/h14,16-21,25,27-32,37-38,40-43,45H,1,15,22-24,26H2,2-13H3/b19-18+,50-39+/t28-,29-,30+,31+,32-,37+,38-,40+,41-,42-,43-,45+,47-,48-/m1/s1. The minimum absolute atomic E-state index is 0.120. The van der Waals surface area contributed by atoms with Crippen LogP contribution in [0.15, 0.2) is 60.4 Å². The van der Waals surface area contributed by atoms with Crippen molar-refractivity contribution in [2.75, 3.05) is 34.4 Å². The molecule has 0 spiro atoms. The molecule has 1 aromatic carbocycles. The van der Waals surface area contributed by atoms with E-state index in [0.29, 0.717) is 25.0 Å². The summed E-state index contributed by atoms with van der Waals surface area (Å²) in [4.78, 5) is 52.7. The number of oxime groups is 1. The summed E-state index contributed by atoms with van der Waals surface area (Å²) in [6, 6.07) is 9.71. The van der Waals surface area contributed by atoms with Gasteiger partial charge < -0.3 is 47.6 Å². The fourth-order valence-electron chi connectivity index (χ4n) is 9.67. The van der Waals surface area contributed by atoms with Crippen LogP contribution in [0.2, 0.25) is 0 Å². The smallest absolute Gasteiger partial charge is 0.458 e. The number of carbonyl (C=O) groups is 3. The Morgan fingerprint density at radius 2 is 1.78 bits per heavy atom. The summed E-state index contributed by atoms with van der Waals surface area (Å²) in [6.07, 6.45) is 1.93. The molecule has 63 heavy (non-hydrogen) atoms. The number of ether oxygens (including phenoxy) is 8. The molecule has 0 N–H and O–H groups in total. The lowest BCUT2D eigenvalue weighted by atomic mass is 9.73. The Morgan fingerprint density at radius 3 is 2.44 bits per heavy atom. The van der Waals surface area contributed by atoms with Crippen molar-refractivity contribution in [2.45, 2.75) is 142 Å². The second kappa shape index (κ2) is 21.5. The number of fused-ring (bicyclic) bond motifs is 2. The maximum atomic E-state index is 14.4. The first-order chi connectivity index (χ1) is 29.9. The molecule has 5 rings (SSSR count). The largest absolute Gasteiger partial charge is 0.509 e. The highest BCUT2D eigenvalue weighted by Crippen LogP contribution is 2.43. The van der Waals surface area contributed by atoms with E-state index in [2.05, 4.69) is 11.6 Å². The van der Waals surface area contributed by atoms with Crippen molar-refractivity contribution < 1.29 is 57.1 Å². The molecule has 14 atom stereocenters. The molecule has 0 aliphatic carbocycles. The van der Waals surface area contributed by atoms with Crippen LogP contribution in [0, 0.1) is 23.7 Å². The van der Waals surface area contributed by atoms with Gasteiger partial charge in [-0.2, -0.15) is 0 Å². The Kier molecular flexibility index (Phi) is 16.9. The van der Waals surface area contributed by atoms with E-state index < -0.39 is 89.8 Å². The third kappa shape index (κ3) is 11.5. The Labute approximate surface area is 372 Å². The summed E-state index contributed by atoms with van der Waals surface area (Å²) < 4.78 is 50.7. The van der Waals surface area contributed by atoms with E-state index in [9.17, 15) is 14.4 Å². The number of likely N-dealkylation sites (N-methyl/N-ethyl adjacent to an activating group) is 1. The molecule has 2 aromatic rings. The third-order valence-electron chi connectivity index (χ3n) is 12.9. The van der Waals surface area contributed by atoms with Crippen molar-refractivity contribution in [3.63, 3.8) is 0 Å². The molecule has 3 fully saturated rings. The van der Waals surface area contributed by atoms with Crippen LogP contribution in [0.25, 0.3) is 17.0 Å². The zero-order chi connectivity index (χ0) is 46.2. The number of nitrogens with zero attached hydrogens (tertiary/aromatic N) is 3. The molecule has 15 nitrogen and oxygen atoms in total. The molecular weight excluding hydrogens is 811 g/mol. The zero-order valence-electron chi connectivity index (χ0n) is 39.1. The van der Waals surface area contributed by atoms with Gasteiger partial charge in [-0.15, -0.1) is 6.58 Å². The van der Waals surface area contributed by atoms with Crippen molar-refractivity contribution in [1.82, 2.24) is 9.88 Å². The molecule has 348 valence electrons. The molecule has 0 saturated carbocycles. The molecule has 1 aromatic heterocycles. The van der Waals surface area contributed by atoms with Gasteiger partial charge in [0.25, 0.3) is 0 Å². The monoisotopic (exact) mass is 879 g/mol. The van der Waals surface area contributed by atoms with Crippen LogP contribution in [-0.4, -0.2) is 128 Å². The van der Waals surface area contributed by atoms with E-state index >= 15 is 0 Å². The highest BCUT2D eigenvalue weighted by molar-refractivity contribution is 5.89. The Hall–Kier alpha value is -4.41. The van der Waals surface area contributed by atoms with E-state index in [4.69, 9.17) is 47.9 Å². The second-order valence-electron chi connectivity index (χ2n) is 17.9. The molecular formula is C48H69N3O12. The number of esters is 2. The number of hydrogen-bond donors (Lipinski definition) is 0. The Bertz CT molecular complexity index is 1960. The second-order valence-corrected chi connectivity index (χ2v) is 17.9. The lowest BCUT2D eigenvalue weighted by molar-refractivity contribution is -0.304. The van der Waals surface area contributed by atoms with Crippen molar-refractivity contribution >= 4 is 40.8 Å².